The molecule has 2 rings (SSSR count). The Morgan fingerprint density at radius 1 is 0.846 bits per heavy atom. The first kappa shape index (κ1) is 19.7. The molecule has 0 saturated carbocycles. The number of aliphatic hydroxyl groups excluding tert-OH is 1. The maximum atomic E-state index is 12.4. The highest BCUT2D eigenvalue weighted by molar-refractivity contribution is 5.95. The van der Waals surface area contributed by atoms with Crippen LogP contribution in [0, 0.1) is 5.92 Å². The Kier molecular flexibility index (Phi) is 7.83. The molecule has 0 fully saturated rings. The maximum Gasteiger partial charge on any atom is 0.323 e. The second-order valence-electron chi connectivity index (χ2n) is 6.02. The van der Waals surface area contributed by atoms with Crippen LogP contribution in [0.2, 0.25) is 0 Å². The van der Waals surface area contributed by atoms with E-state index in [9.17, 15) is 14.7 Å². The number of hydrogen-bond donors (Lipinski definition) is 1. The fourth-order valence-electron chi connectivity index (χ4n) is 2.51. The van der Waals surface area contributed by atoms with E-state index in [1.165, 1.54) is 0 Å². The van der Waals surface area contributed by atoms with Crippen LogP contribution in [-0.4, -0.2) is 23.1 Å². The normalized spacial score (nSPS) is 11.8. The van der Waals surface area contributed by atoms with Gasteiger partial charge in [0.25, 0.3) is 0 Å². The van der Waals surface area contributed by atoms with E-state index in [-0.39, 0.29) is 13.2 Å². The lowest BCUT2D eigenvalue weighted by molar-refractivity contribution is -0.169. The molecule has 2 aromatic rings. The van der Waals surface area contributed by atoms with Gasteiger partial charge in [-0.2, -0.15) is 0 Å². The Balaban J connectivity index is 1.99. The monoisotopic (exact) mass is 356 g/mol. The van der Waals surface area contributed by atoms with Gasteiger partial charge in [-0.05, 0) is 17.5 Å². The highest BCUT2D eigenvalue weighted by atomic mass is 16.6. The predicted molar refractivity (Wildman–Crippen MR) is 96.9 cm³/mol. The van der Waals surface area contributed by atoms with Crippen molar-refractivity contribution in [2.75, 3.05) is 0 Å². The summed E-state index contributed by atoms with van der Waals surface area (Å²) in [6.07, 6.45) is -0.187. The molecule has 0 spiro atoms. The van der Waals surface area contributed by atoms with Crippen molar-refractivity contribution in [2.45, 2.75) is 39.1 Å². The van der Waals surface area contributed by atoms with E-state index in [0.717, 1.165) is 11.1 Å². The summed E-state index contributed by atoms with van der Waals surface area (Å²) in [6, 6.07) is 18.3. The van der Waals surface area contributed by atoms with Gasteiger partial charge in [-0.1, -0.05) is 74.0 Å². The third-order valence-corrected chi connectivity index (χ3v) is 3.92. The summed E-state index contributed by atoms with van der Waals surface area (Å²) in [5, 5.41) is 10.2. The Labute approximate surface area is 153 Å². The summed E-state index contributed by atoms with van der Waals surface area (Å²) < 4.78 is 10.5. The molecule has 0 aromatic heterocycles. The Morgan fingerprint density at radius 3 is 1.65 bits per heavy atom. The number of esters is 2. The third-order valence-electron chi connectivity index (χ3n) is 3.92. The van der Waals surface area contributed by atoms with Gasteiger partial charge in [-0.15, -0.1) is 0 Å². The number of ether oxygens (including phenoxy) is 2. The van der Waals surface area contributed by atoms with Gasteiger partial charge >= 0.3 is 11.9 Å². The largest absolute Gasteiger partial charge is 0.460 e. The summed E-state index contributed by atoms with van der Waals surface area (Å²) in [5.74, 6) is -2.89. The molecule has 2 aromatic carbocycles. The third kappa shape index (κ3) is 6.01. The second kappa shape index (κ2) is 10.4. The lowest BCUT2D eigenvalue weighted by Gasteiger charge is -2.20. The molecule has 5 heteroatoms. The highest BCUT2D eigenvalue weighted by Crippen LogP contribution is 2.16. The van der Waals surface area contributed by atoms with Gasteiger partial charge in [-0.3, -0.25) is 9.59 Å². The minimum absolute atomic E-state index is 0.0426. The zero-order valence-electron chi connectivity index (χ0n) is 14.8. The van der Waals surface area contributed by atoms with Crippen LogP contribution >= 0.6 is 0 Å². The predicted octanol–water partition coefficient (Wildman–Crippen LogP) is 3.25. The fraction of sp³-hybridized carbons (Fsp3) is 0.333. The molecule has 0 aliphatic heterocycles. The van der Waals surface area contributed by atoms with E-state index in [1.807, 2.05) is 67.6 Å². The average molecular weight is 356 g/mol. The van der Waals surface area contributed by atoms with Crippen molar-refractivity contribution in [3.05, 3.63) is 71.8 Å². The molecule has 0 amide bonds. The molecule has 0 saturated heterocycles. The van der Waals surface area contributed by atoms with E-state index >= 15 is 0 Å². The number of carbonyl (C=O) groups excluding carboxylic acids is 2. The van der Waals surface area contributed by atoms with Gasteiger partial charge in [0, 0.05) is 0 Å². The zero-order chi connectivity index (χ0) is 18.8. The van der Waals surface area contributed by atoms with E-state index in [1.54, 1.807) is 0 Å². The van der Waals surface area contributed by atoms with Crippen molar-refractivity contribution in [1.82, 2.24) is 0 Å². The Bertz CT molecular complexity index is 629. The smallest absolute Gasteiger partial charge is 0.323 e. The van der Waals surface area contributed by atoms with Crippen molar-refractivity contribution < 1.29 is 24.2 Å². The van der Waals surface area contributed by atoms with Crippen molar-refractivity contribution in [2.24, 2.45) is 5.92 Å². The van der Waals surface area contributed by atoms with Crippen molar-refractivity contribution >= 4 is 11.9 Å². The van der Waals surface area contributed by atoms with E-state index in [0.29, 0.717) is 12.8 Å². The SMILES string of the molecule is CCC[C@H](O)C(C(=O)OCc1ccccc1)C(=O)OCc1ccccc1. The summed E-state index contributed by atoms with van der Waals surface area (Å²) in [6.45, 7) is 1.95. The standard InChI is InChI=1S/C21H24O5/c1-2-9-18(22)19(20(23)25-14-16-10-5-3-6-11-16)21(24)26-15-17-12-7-4-8-13-17/h3-8,10-13,18-19,22H,2,9,14-15H2,1H3/t18-/m0/s1. The van der Waals surface area contributed by atoms with Crippen LogP contribution in [0.15, 0.2) is 60.7 Å². The second-order valence-corrected chi connectivity index (χ2v) is 6.02. The van der Waals surface area contributed by atoms with Crippen LogP contribution in [0.3, 0.4) is 0 Å². The first-order valence-corrected chi connectivity index (χ1v) is 8.71. The van der Waals surface area contributed by atoms with Gasteiger partial charge < -0.3 is 14.6 Å². The molecule has 26 heavy (non-hydrogen) atoms. The topological polar surface area (TPSA) is 72.8 Å². The molecule has 0 aliphatic rings. The molecular weight excluding hydrogens is 332 g/mol. The molecule has 0 unspecified atom stereocenters. The molecule has 0 radical (unpaired) electrons. The summed E-state index contributed by atoms with van der Waals surface area (Å²) in [5.41, 5.74) is 1.62. The molecule has 1 N–H and O–H groups in total. The molecule has 0 heterocycles. The van der Waals surface area contributed by atoms with Gasteiger partial charge in [0.05, 0.1) is 6.10 Å². The van der Waals surface area contributed by atoms with Crippen LogP contribution in [0.5, 0.6) is 0 Å². The first-order valence-electron chi connectivity index (χ1n) is 8.71. The van der Waals surface area contributed by atoms with Gasteiger partial charge in [0.2, 0.25) is 0 Å². The van der Waals surface area contributed by atoms with Crippen LogP contribution in [0.1, 0.15) is 30.9 Å². The first-order chi connectivity index (χ1) is 12.6. The number of hydrogen-bond acceptors (Lipinski definition) is 5. The number of benzene rings is 2. The van der Waals surface area contributed by atoms with Crippen LogP contribution in [-0.2, 0) is 32.3 Å². The van der Waals surface area contributed by atoms with Crippen molar-refractivity contribution in [3.8, 4) is 0 Å². The number of rotatable bonds is 9. The van der Waals surface area contributed by atoms with Gasteiger partial charge in [0.1, 0.15) is 13.2 Å². The molecule has 0 aliphatic carbocycles. The quantitative estimate of drug-likeness (QED) is 0.551. The molecule has 1 atom stereocenters. The van der Waals surface area contributed by atoms with Crippen LogP contribution in [0.4, 0.5) is 0 Å². The lowest BCUT2D eigenvalue weighted by atomic mass is 9.99. The highest BCUT2D eigenvalue weighted by Gasteiger charge is 2.36. The van der Waals surface area contributed by atoms with Gasteiger partial charge in [0.15, 0.2) is 5.92 Å². The summed E-state index contributed by atoms with van der Waals surface area (Å²) in [4.78, 5) is 24.8. The van der Waals surface area contributed by atoms with E-state index in [2.05, 4.69) is 0 Å². The molecular formula is C21H24O5. The fourth-order valence-corrected chi connectivity index (χ4v) is 2.51. The van der Waals surface area contributed by atoms with Gasteiger partial charge in [-0.25, -0.2) is 0 Å². The van der Waals surface area contributed by atoms with Crippen LogP contribution < -0.4 is 0 Å². The number of aliphatic hydroxyl groups is 1. The summed E-state index contributed by atoms with van der Waals surface area (Å²) >= 11 is 0. The van der Waals surface area contributed by atoms with E-state index < -0.39 is 24.0 Å². The molecule has 0 bridgehead atoms. The number of carbonyl (C=O) groups is 2. The van der Waals surface area contributed by atoms with E-state index in [4.69, 9.17) is 9.47 Å². The maximum absolute atomic E-state index is 12.4. The van der Waals surface area contributed by atoms with Crippen molar-refractivity contribution in [3.63, 3.8) is 0 Å². The minimum Gasteiger partial charge on any atom is -0.460 e. The molecule has 5 nitrogen and oxygen atoms in total. The average Bonchev–Trinajstić information content (AvgIpc) is 2.67. The lowest BCUT2D eigenvalue weighted by Crippen LogP contribution is -2.37. The Morgan fingerprint density at radius 2 is 1.27 bits per heavy atom. The summed E-state index contributed by atoms with van der Waals surface area (Å²) in [7, 11) is 0. The minimum atomic E-state index is -1.35. The Hall–Kier alpha value is -2.66. The van der Waals surface area contributed by atoms with Crippen molar-refractivity contribution in [1.29, 1.82) is 0 Å². The van der Waals surface area contributed by atoms with Crippen LogP contribution in [0.25, 0.3) is 0 Å². The zero-order valence-corrected chi connectivity index (χ0v) is 14.8. The molecule has 138 valence electrons.